The summed E-state index contributed by atoms with van der Waals surface area (Å²) in [5, 5.41) is 6.19. The summed E-state index contributed by atoms with van der Waals surface area (Å²) in [6, 6.07) is 11.3. The van der Waals surface area contributed by atoms with Crippen molar-refractivity contribution in [1.82, 2.24) is 10.3 Å². The van der Waals surface area contributed by atoms with Gasteiger partial charge in [-0.2, -0.15) is 0 Å². The van der Waals surface area contributed by atoms with Gasteiger partial charge in [0.15, 0.2) is 0 Å². The van der Waals surface area contributed by atoms with Crippen LogP contribution >= 0.6 is 0 Å². The molecule has 0 saturated carbocycles. The molecule has 1 aromatic carbocycles. The number of hydrogen-bond acceptors (Lipinski definition) is 3. The lowest BCUT2D eigenvalue weighted by atomic mass is 10.1. The quantitative estimate of drug-likeness (QED) is 0.877. The molecule has 4 nitrogen and oxygen atoms in total. The summed E-state index contributed by atoms with van der Waals surface area (Å²) in [5.74, 6) is -0.0853. The summed E-state index contributed by atoms with van der Waals surface area (Å²) in [4.78, 5) is 16.4. The van der Waals surface area contributed by atoms with Crippen molar-refractivity contribution in [2.45, 2.75) is 19.9 Å². The molecule has 20 heavy (non-hydrogen) atoms. The van der Waals surface area contributed by atoms with Crippen LogP contribution in [0.2, 0.25) is 0 Å². The van der Waals surface area contributed by atoms with Crippen LogP contribution in [0.15, 0.2) is 48.8 Å². The van der Waals surface area contributed by atoms with Crippen molar-refractivity contribution in [3.05, 3.63) is 59.9 Å². The lowest BCUT2D eigenvalue weighted by Crippen LogP contribution is -2.27. The Morgan fingerprint density at radius 3 is 2.75 bits per heavy atom. The molecular weight excluding hydrogens is 250 g/mol. The van der Waals surface area contributed by atoms with Crippen molar-refractivity contribution in [3.63, 3.8) is 0 Å². The number of anilines is 1. The van der Waals surface area contributed by atoms with Gasteiger partial charge >= 0.3 is 0 Å². The lowest BCUT2D eigenvalue weighted by Gasteiger charge is -2.16. The molecule has 1 heterocycles. The van der Waals surface area contributed by atoms with E-state index in [-0.39, 0.29) is 11.9 Å². The number of nitrogens with zero attached hydrogens (tertiary/aromatic N) is 1. The Balaban J connectivity index is 2.12. The standard InChI is InChI=1S/C16H19N3O/c1-3-18-15-9-5-4-8-14(15)16(20)19-12(2)13-7-6-10-17-11-13/h4-12,18H,3H2,1-2H3,(H,19,20)/t12-/m0/s1. The van der Waals surface area contributed by atoms with Crippen LogP contribution in [0.3, 0.4) is 0 Å². The summed E-state index contributed by atoms with van der Waals surface area (Å²) < 4.78 is 0. The molecule has 0 unspecified atom stereocenters. The molecule has 1 atom stereocenters. The van der Waals surface area contributed by atoms with Crippen molar-refractivity contribution in [2.24, 2.45) is 0 Å². The Kier molecular flexibility index (Phi) is 4.71. The Morgan fingerprint density at radius 1 is 1.25 bits per heavy atom. The maximum atomic E-state index is 12.4. The highest BCUT2D eigenvalue weighted by atomic mass is 16.1. The molecule has 0 bridgehead atoms. The van der Waals surface area contributed by atoms with Gasteiger partial charge in [0.2, 0.25) is 0 Å². The van der Waals surface area contributed by atoms with Gasteiger partial charge in [0.05, 0.1) is 11.6 Å². The van der Waals surface area contributed by atoms with Gasteiger partial charge in [0, 0.05) is 24.6 Å². The topological polar surface area (TPSA) is 54.0 Å². The van der Waals surface area contributed by atoms with Crippen LogP contribution in [0.1, 0.15) is 35.8 Å². The molecule has 1 amide bonds. The molecule has 0 aliphatic carbocycles. The molecule has 4 heteroatoms. The number of nitrogens with one attached hydrogen (secondary N) is 2. The number of hydrogen-bond donors (Lipinski definition) is 2. The van der Waals surface area contributed by atoms with Gasteiger partial charge in [0.25, 0.3) is 5.91 Å². The van der Waals surface area contributed by atoms with Gasteiger partial charge in [-0.25, -0.2) is 0 Å². The Morgan fingerprint density at radius 2 is 2.05 bits per heavy atom. The minimum atomic E-state index is -0.0853. The summed E-state index contributed by atoms with van der Waals surface area (Å²) in [5.41, 5.74) is 2.50. The van der Waals surface area contributed by atoms with Crippen molar-refractivity contribution in [1.29, 1.82) is 0 Å². The van der Waals surface area contributed by atoms with Gasteiger partial charge in [-0.15, -0.1) is 0 Å². The first-order valence-electron chi connectivity index (χ1n) is 6.76. The molecule has 2 rings (SSSR count). The third-order valence-electron chi connectivity index (χ3n) is 3.07. The second kappa shape index (κ2) is 6.70. The second-order valence-electron chi connectivity index (χ2n) is 4.56. The average molecular weight is 269 g/mol. The molecule has 0 saturated heterocycles. The first-order valence-corrected chi connectivity index (χ1v) is 6.76. The fraction of sp³-hybridized carbons (Fsp3) is 0.250. The fourth-order valence-corrected chi connectivity index (χ4v) is 2.02. The van der Waals surface area contributed by atoms with Crippen LogP contribution in [0, 0.1) is 0 Å². The van der Waals surface area contributed by atoms with Crippen LogP contribution in [0.4, 0.5) is 5.69 Å². The molecule has 0 aliphatic rings. The first-order chi connectivity index (χ1) is 9.72. The normalized spacial score (nSPS) is 11.7. The number of pyridine rings is 1. The Hall–Kier alpha value is -2.36. The number of carbonyl (C=O) groups is 1. The van der Waals surface area contributed by atoms with E-state index in [9.17, 15) is 4.79 Å². The maximum Gasteiger partial charge on any atom is 0.253 e. The minimum Gasteiger partial charge on any atom is -0.385 e. The number of carbonyl (C=O) groups excluding carboxylic acids is 1. The summed E-state index contributed by atoms with van der Waals surface area (Å²) in [7, 11) is 0. The molecule has 0 fully saturated rings. The van der Waals surface area contributed by atoms with E-state index in [4.69, 9.17) is 0 Å². The monoisotopic (exact) mass is 269 g/mol. The van der Waals surface area contributed by atoms with E-state index >= 15 is 0 Å². The first kappa shape index (κ1) is 14.1. The lowest BCUT2D eigenvalue weighted by molar-refractivity contribution is 0.0940. The number of benzene rings is 1. The van der Waals surface area contributed by atoms with E-state index in [0.29, 0.717) is 5.56 Å². The summed E-state index contributed by atoms with van der Waals surface area (Å²) in [6.45, 7) is 4.74. The van der Waals surface area contributed by atoms with Gasteiger partial charge in [-0.05, 0) is 37.6 Å². The van der Waals surface area contributed by atoms with Crippen molar-refractivity contribution in [2.75, 3.05) is 11.9 Å². The molecule has 0 aliphatic heterocycles. The van der Waals surface area contributed by atoms with E-state index in [1.165, 1.54) is 0 Å². The number of rotatable bonds is 5. The number of aromatic nitrogens is 1. The highest BCUT2D eigenvalue weighted by Gasteiger charge is 2.14. The van der Waals surface area contributed by atoms with E-state index in [2.05, 4.69) is 15.6 Å². The van der Waals surface area contributed by atoms with E-state index in [1.54, 1.807) is 12.4 Å². The molecule has 104 valence electrons. The molecule has 1 aromatic heterocycles. The number of para-hydroxylation sites is 1. The second-order valence-corrected chi connectivity index (χ2v) is 4.56. The molecule has 2 aromatic rings. The van der Waals surface area contributed by atoms with Crippen molar-refractivity contribution in [3.8, 4) is 0 Å². The molecular formula is C16H19N3O. The van der Waals surface area contributed by atoms with E-state index in [0.717, 1.165) is 17.8 Å². The van der Waals surface area contributed by atoms with E-state index < -0.39 is 0 Å². The predicted octanol–water partition coefficient (Wildman–Crippen LogP) is 3.00. The van der Waals surface area contributed by atoms with Crippen LogP contribution in [0.25, 0.3) is 0 Å². The largest absolute Gasteiger partial charge is 0.385 e. The summed E-state index contributed by atoms with van der Waals surface area (Å²) in [6.07, 6.45) is 3.49. The van der Waals surface area contributed by atoms with Gasteiger partial charge in [-0.1, -0.05) is 18.2 Å². The predicted molar refractivity (Wildman–Crippen MR) is 80.7 cm³/mol. The highest BCUT2D eigenvalue weighted by Crippen LogP contribution is 2.17. The number of amides is 1. The fourth-order valence-electron chi connectivity index (χ4n) is 2.02. The smallest absolute Gasteiger partial charge is 0.253 e. The van der Waals surface area contributed by atoms with Crippen molar-refractivity contribution >= 4 is 11.6 Å². The van der Waals surface area contributed by atoms with E-state index in [1.807, 2.05) is 50.2 Å². The van der Waals surface area contributed by atoms with Gasteiger partial charge in [-0.3, -0.25) is 9.78 Å². The van der Waals surface area contributed by atoms with Crippen LogP contribution in [-0.4, -0.2) is 17.4 Å². The summed E-state index contributed by atoms with van der Waals surface area (Å²) >= 11 is 0. The SMILES string of the molecule is CCNc1ccccc1C(=O)N[C@@H](C)c1cccnc1. The zero-order chi connectivity index (χ0) is 14.4. The maximum absolute atomic E-state index is 12.4. The van der Waals surface area contributed by atoms with Crippen molar-refractivity contribution < 1.29 is 4.79 Å². The molecule has 0 spiro atoms. The zero-order valence-corrected chi connectivity index (χ0v) is 11.8. The van der Waals surface area contributed by atoms with Crippen LogP contribution in [-0.2, 0) is 0 Å². The van der Waals surface area contributed by atoms with Gasteiger partial charge < -0.3 is 10.6 Å². The van der Waals surface area contributed by atoms with Crippen LogP contribution in [0.5, 0.6) is 0 Å². The van der Waals surface area contributed by atoms with Crippen LogP contribution < -0.4 is 10.6 Å². The third-order valence-corrected chi connectivity index (χ3v) is 3.07. The average Bonchev–Trinajstić information content (AvgIpc) is 2.49. The molecule has 2 N–H and O–H groups in total. The zero-order valence-electron chi connectivity index (χ0n) is 11.8. The minimum absolute atomic E-state index is 0.0779. The molecule has 0 radical (unpaired) electrons. The Labute approximate surface area is 119 Å². The van der Waals surface area contributed by atoms with Gasteiger partial charge in [0.1, 0.15) is 0 Å². The Bertz CT molecular complexity index is 569. The third kappa shape index (κ3) is 3.35. The highest BCUT2D eigenvalue weighted by molar-refractivity contribution is 5.99.